The second-order valence-corrected chi connectivity index (χ2v) is 8.18. The minimum Gasteiger partial charge on any atom is -0.391 e. The predicted molar refractivity (Wildman–Crippen MR) is 74.0 cm³/mol. The predicted octanol–water partition coefficient (Wildman–Crippen LogP) is 2.17. The molecular formula is C14H19F2NO3S. The summed E-state index contributed by atoms with van der Waals surface area (Å²) in [6, 6.07) is 1.37. The first-order chi connectivity index (χ1) is 9.46. The van der Waals surface area contributed by atoms with Gasteiger partial charge < -0.3 is 5.11 Å². The SMILES string of the molecule is CC1(C)C(NS(=O)(=O)c2ccc(F)c(CO)c2F)C1(C)C. The summed E-state index contributed by atoms with van der Waals surface area (Å²) in [5.74, 6) is -2.22. The first-order valence-corrected chi connectivity index (χ1v) is 8.05. The van der Waals surface area contributed by atoms with Crippen LogP contribution in [0.15, 0.2) is 17.0 Å². The number of aliphatic hydroxyl groups excluding tert-OH is 1. The maximum Gasteiger partial charge on any atom is 0.243 e. The molecule has 1 aromatic rings. The lowest BCUT2D eigenvalue weighted by Crippen LogP contribution is -2.31. The molecule has 1 aliphatic rings. The van der Waals surface area contributed by atoms with E-state index in [-0.39, 0.29) is 16.9 Å². The van der Waals surface area contributed by atoms with E-state index >= 15 is 0 Å². The molecule has 0 unspecified atom stereocenters. The van der Waals surface area contributed by atoms with Gasteiger partial charge in [0.05, 0.1) is 12.2 Å². The van der Waals surface area contributed by atoms with Gasteiger partial charge in [-0.25, -0.2) is 21.9 Å². The molecule has 21 heavy (non-hydrogen) atoms. The highest BCUT2D eigenvalue weighted by Crippen LogP contribution is 2.62. The summed E-state index contributed by atoms with van der Waals surface area (Å²) < 4.78 is 54.5. The van der Waals surface area contributed by atoms with E-state index in [0.29, 0.717) is 0 Å². The second kappa shape index (κ2) is 4.72. The third kappa shape index (κ3) is 2.37. The van der Waals surface area contributed by atoms with Crippen LogP contribution in [0.5, 0.6) is 0 Å². The zero-order valence-corrected chi connectivity index (χ0v) is 13.2. The van der Waals surface area contributed by atoms with Crippen LogP contribution in [-0.2, 0) is 16.6 Å². The average Bonchev–Trinajstić information content (AvgIpc) is 2.71. The van der Waals surface area contributed by atoms with E-state index in [1.54, 1.807) is 0 Å². The van der Waals surface area contributed by atoms with E-state index in [4.69, 9.17) is 5.11 Å². The molecule has 0 saturated heterocycles. The van der Waals surface area contributed by atoms with Crippen molar-refractivity contribution >= 4 is 10.0 Å². The van der Waals surface area contributed by atoms with Crippen molar-refractivity contribution in [3.63, 3.8) is 0 Å². The lowest BCUT2D eigenvalue weighted by Gasteiger charge is -2.11. The Labute approximate surface area is 123 Å². The number of hydrogen-bond acceptors (Lipinski definition) is 3. The fourth-order valence-electron chi connectivity index (χ4n) is 2.64. The largest absolute Gasteiger partial charge is 0.391 e. The van der Waals surface area contributed by atoms with E-state index in [1.807, 2.05) is 27.7 Å². The highest BCUT2D eigenvalue weighted by Gasteiger charge is 2.66. The van der Waals surface area contributed by atoms with Crippen molar-refractivity contribution in [2.75, 3.05) is 0 Å². The molecule has 2 N–H and O–H groups in total. The molecule has 1 saturated carbocycles. The summed E-state index contributed by atoms with van der Waals surface area (Å²) >= 11 is 0. The Morgan fingerprint density at radius 2 is 1.71 bits per heavy atom. The van der Waals surface area contributed by atoms with Crippen molar-refractivity contribution in [3.05, 3.63) is 29.3 Å². The molecule has 0 heterocycles. The molecule has 7 heteroatoms. The fourth-order valence-corrected chi connectivity index (χ4v) is 4.27. The third-order valence-corrected chi connectivity index (χ3v) is 6.33. The topological polar surface area (TPSA) is 66.4 Å². The number of sulfonamides is 1. The summed E-state index contributed by atoms with van der Waals surface area (Å²) in [5.41, 5.74) is -1.15. The monoisotopic (exact) mass is 319 g/mol. The molecule has 0 amide bonds. The summed E-state index contributed by atoms with van der Waals surface area (Å²) in [4.78, 5) is -0.647. The maximum atomic E-state index is 14.1. The van der Waals surface area contributed by atoms with Crippen LogP contribution in [-0.4, -0.2) is 19.6 Å². The van der Waals surface area contributed by atoms with Gasteiger partial charge >= 0.3 is 0 Å². The van der Waals surface area contributed by atoms with Crippen molar-refractivity contribution in [1.29, 1.82) is 0 Å². The molecular weight excluding hydrogens is 300 g/mol. The van der Waals surface area contributed by atoms with Gasteiger partial charge in [-0.15, -0.1) is 0 Å². The minimum absolute atomic E-state index is 0.254. The Balaban J connectivity index is 2.39. The van der Waals surface area contributed by atoms with E-state index in [0.717, 1.165) is 12.1 Å². The molecule has 1 aliphatic carbocycles. The Bertz CT molecular complexity index is 670. The quantitative estimate of drug-likeness (QED) is 0.894. The third-order valence-electron chi connectivity index (χ3n) is 4.89. The second-order valence-electron chi connectivity index (χ2n) is 6.49. The smallest absolute Gasteiger partial charge is 0.243 e. The van der Waals surface area contributed by atoms with Crippen LogP contribution in [0.2, 0.25) is 0 Å². The number of nitrogens with one attached hydrogen (secondary N) is 1. The Kier molecular flexibility index (Phi) is 3.67. The fraction of sp³-hybridized carbons (Fsp3) is 0.571. The van der Waals surface area contributed by atoms with Gasteiger partial charge in [-0.3, -0.25) is 0 Å². The summed E-state index contributed by atoms with van der Waals surface area (Å²) in [7, 11) is -4.12. The van der Waals surface area contributed by atoms with Gasteiger partial charge in [0.15, 0.2) is 5.82 Å². The molecule has 0 bridgehead atoms. The Morgan fingerprint density at radius 3 is 2.14 bits per heavy atom. The van der Waals surface area contributed by atoms with Crippen LogP contribution in [0.3, 0.4) is 0 Å². The Hall–Kier alpha value is -1.05. The molecule has 1 aromatic carbocycles. The zero-order chi connectivity index (χ0) is 16.2. The van der Waals surface area contributed by atoms with Crippen LogP contribution in [0.1, 0.15) is 33.3 Å². The van der Waals surface area contributed by atoms with Crippen molar-refractivity contribution in [3.8, 4) is 0 Å². The number of rotatable bonds is 4. The number of aliphatic hydroxyl groups is 1. The lowest BCUT2D eigenvalue weighted by molar-refractivity contribution is 0.267. The van der Waals surface area contributed by atoms with E-state index in [1.165, 1.54) is 0 Å². The van der Waals surface area contributed by atoms with Crippen molar-refractivity contribution < 1.29 is 22.3 Å². The van der Waals surface area contributed by atoms with Gasteiger partial charge in [0, 0.05) is 6.04 Å². The molecule has 0 aromatic heterocycles. The van der Waals surface area contributed by atoms with Crippen LogP contribution < -0.4 is 4.72 Å². The lowest BCUT2D eigenvalue weighted by atomic mass is 10.0. The summed E-state index contributed by atoms with van der Waals surface area (Å²) in [6.45, 7) is 6.77. The summed E-state index contributed by atoms with van der Waals surface area (Å²) in [6.07, 6.45) is 0. The summed E-state index contributed by atoms with van der Waals surface area (Å²) in [5, 5.41) is 8.95. The maximum absolute atomic E-state index is 14.1. The molecule has 4 nitrogen and oxygen atoms in total. The number of halogens is 2. The van der Waals surface area contributed by atoms with Crippen LogP contribution in [0.25, 0.3) is 0 Å². The Morgan fingerprint density at radius 1 is 1.19 bits per heavy atom. The minimum atomic E-state index is -4.12. The molecule has 0 aliphatic heterocycles. The number of hydrogen-bond donors (Lipinski definition) is 2. The molecule has 0 radical (unpaired) electrons. The van der Waals surface area contributed by atoms with Crippen LogP contribution in [0, 0.1) is 22.5 Å². The highest BCUT2D eigenvalue weighted by molar-refractivity contribution is 7.89. The standard InChI is InChI=1S/C14H19F2NO3S/c1-13(2)12(14(13,3)4)17-21(19,20)10-6-5-9(15)8(7-18)11(10)16/h5-6,12,17-18H,7H2,1-4H3. The average molecular weight is 319 g/mol. The van der Waals surface area contributed by atoms with Crippen molar-refractivity contribution in [2.45, 2.75) is 45.2 Å². The van der Waals surface area contributed by atoms with Gasteiger partial charge in [0.25, 0.3) is 0 Å². The van der Waals surface area contributed by atoms with Gasteiger partial charge in [0.2, 0.25) is 10.0 Å². The first kappa shape index (κ1) is 16.3. The van der Waals surface area contributed by atoms with Crippen LogP contribution >= 0.6 is 0 Å². The number of benzene rings is 1. The molecule has 0 spiro atoms. The zero-order valence-electron chi connectivity index (χ0n) is 12.4. The van der Waals surface area contributed by atoms with E-state index in [9.17, 15) is 17.2 Å². The van der Waals surface area contributed by atoms with E-state index in [2.05, 4.69) is 4.72 Å². The first-order valence-electron chi connectivity index (χ1n) is 6.57. The van der Waals surface area contributed by atoms with Crippen molar-refractivity contribution in [1.82, 2.24) is 4.72 Å². The van der Waals surface area contributed by atoms with Crippen LogP contribution in [0.4, 0.5) is 8.78 Å². The molecule has 2 rings (SSSR count). The van der Waals surface area contributed by atoms with Gasteiger partial charge in [-0.05, 0) is 23.0 Å². The highest BCUT2D eigenvalue weighted by atomic mass is 32.2. The molecule has 0 atom stereocenters. The van der Waals surface area contributed by atoms with Gasteiger partial charge in [-0.1, -0.05) is 27.7 Å². The normalized spacial score (nSPS) is 20.5. The van der Waals surface area contributed by atoms with Crippen molar-refractivity contribution in [2.24, 2.45) is 10.8 Å². The van der Waals surface area contributed by atoms with E-state index < -0.39 is 38.7 Å². The van der Waals surface area contributed by atoms with Gasteiger partial charge in [-0.2, -0.15) is 0 Å². The molecule has 118 valence electrons. The van der Waals surface area contributed by atoms with Gasteiger partial charge in [0.1, 0.15) is 10.7 Å². The molecule has 1 fully saturated rings.